The van der Waals surface area contributed by atoms with Crippen molar-refractivity contribution in [1.29, 1.82) is 0 Å². The predicted molar refractivity (Wildman–Crippen MR) is 86.5 cm³/mol. The summed E-state index contributed by atoms with van der Waals surface area (Å²) >= 11 is 5.84. The van der Waals surface area contributed by atoms with Gasteiger partial charge in [-0.15, -0.1) is 0 Å². The molecule has 5 nitrogen and oxygen atoms in total. The number of hydrogen-bond acceptors (Lipinski definition) is 4. The first-order valence-corrected chi connectivity index (χ1v) is 7.74. The zero-order chi connectivity index (χ0) is 15.4. The molecule has 1 N–H and O–H groups in total. The number of nitrogens with zero attached hydrogens (tertiary/aromatic N) is 3. The second-order valence-corrected chi connectivity index (χ2v) is 5.72. The molecule has 1 aromatic heterocycles. The van der Waals surface area contributed by atoms with Gasteiger partial charge in [0.15, 0.2) is 0 Å². The first-order chi connectivity index (χ1) is 10.7. The summed E-state index contributed by atoms with van der Waals surface area (Å²) in [7, 11) is 0. The number of carbonyl (C=O) groups excluding carboxylic acids is 1. The highest BCUT2D eigenvalue weighted by Gasteiger charge is 2.18. The molecule has 0 unspecified atom stereocenters. The number of hydrogen-bond donors (Lipinski definition) is 1. The van der Waals surface area contributed by atoms with Crippen LogP contribution in [0.2, 0.25) is 5.02 Å². The van der Waals surface area contributed by atoms with Crippen LogP contribution in [-0.4, -0.2) is 33.9 Å². The molecule has 0 radical (unpaired) electrons. The average Bonchev–Trinajstić information content (AvgIpc) is 2.58. The molecule has 0 atom stereocenters. The Kier molecular flexibility index (Phi) is 4.53. The molecule has 6 heteroatoms. The Hall–Kier alpha value is -2.14. The fourth-order valence-electron chi connectivity index (χ4n) is 2.44. The van der Waals surface area contributed by atoms with Crippen molar-refractivity contribution in [3.05, 3.63) is 47.2 Å². The number of likely N-dealkylation sites (tertiary alicyclic amines) is 1. The van der Waals surface area contributed by atoms with Crippen LogP contribution < -0.4 is 5.32 Å². The van der Waals surface area contributed by atoms with Crippen LogP contribution >= 0.6 is 11.6 Å². The van der Waals surface area contributed by atoms with Gasteiger partial charge < -0.3 is 10.2 Å². The maximum absolute atomic E-state index is 12.3. The van der Waals surface area contributed by atoms with Crippen molar-refractivity contribution in [3.8, 4) is 0 Å². The maximum Gasteiger partial charge on any atom is 0.256 e. The van der Waals surface area contributed by atoms with Gasteiger partial charge in [0, 0.05) is 36.2 Å². The van der Waals surface area contributed by atoms with Crippen molar-refractivity contribution in [1.82, 2.24) is 14.9 Å². The van der Waals surface area contributed by atoms with Gasteiger partial charge in [-0.2, -0.15) is 0 Å². The van der Waals surface area contributed by atoms with Crippen molar-refractivity contribution < 1.29 is 4.79 Å². The molecule has 1 aromatic carbocycles. The highest BCUT2D eigenvalue weighted by atomic mass is 35.5. The Bertz CT molecular complexity index is 636. The minimum atomic E-state index is 0.0118. The van der Waals surface area contributed by atoms with E-state index in [1.807, 2.05) is 17.0 Å². The van der Waals surface area contributed by atoms with Crippen molar-refractivity contribution in [2.45, 2.75) is 19.3 Å². The molecular weight excluding hydrogens is 300 g/mol. The Morgan fingerprint density at radius 1 is 1.05 bits per heavy atom. The Morgan fingerprint density at radius 2 is 1.68 bits per heavy atom. The normalized spacial score (nSPS) is 14.7. The van der Waals surface area contributed by atoms with Crippen LogP contribution in [-0.2, 0) is 0 Å². The lowest BCUT2D eigenvalue weighted by Crippen LogP contribution is -2.35. The highest BCUT2D eigenvalue weighted by Crippen LogP contribution is 2.17. The summed E-state index contributed by atoms with van der Waals surface area (Å²) in [5, 5.41) is 3.75. The van der Waals surface area contributed by atoms with Crippen molar-refractivity contribution >= 4 is 29.1 Å². The SMILES string of the molecule is O=C(c1cnc(Nc2ccc(Cl)cc2)nc1)N1CCCCC1. The fraction of sp³-hybridized carbons (Fsp3) is 0.312. The van der Waals surface area contributed by atoms with E-state index in [9.17, 15) is 4.79 Å². The molecule has 2 aromatic rings. The average molecular weight is 317 g/mol. The van der Waals surface area contributed by atoms with Crippen molar-refractivity contribution in [2.24, 2.45) is 0 Å². The number of halogens is 1. The first-order valence-electron chi connectivity index (χ1n) is 7.36. The fourth-order valence-corrected chi connectivity index (χ4v) is 2.57. The summed E-state index contributed by atoms with van der Waals surface area (Å²) in [5.74, 6) is 0.468. The van der Waals surface area contributed by atoms with E-state index in [-0.39, 0.29) is 5.91 Å². The summed E-state index contributed by atoms with van der Waals surface area (Å²) in [4.78, 5) is 22.6. The molecule has 2 heterocycles. The molecule has 3 rings (SSSR count). The van der Waals surface area contributed by atoms with E-state index in [1.165, 1.54) is 6.42 Å². The smallest absolute Gasteiger partial charge is 0.256 e. The standard InChI is InChI=1S/C16H17ClN4O/c17-13-4-6-14(7-5-13)20-16-18-10-12(11-19-16)15(22)21-8-2-1-3-9-21/h4-7,10-11H,1-3,8-9H2,(H,18,19,20). The van der Waals surface area contributed by atoms with Gasteiger partial charge in [0.2, 0.25) is 5.95 Å². The molecule has 22 heavy (non-hydrogen) atoms. The van der Waals surface area contributed by atoms with E-state index >= 15 is 0 Å². The highest BCUT2D eigenvalue weighted by molar-refractivity contribution is 6.30. The van der Waals surface area contributed by atoms with E-state index in [1.54, 1.807) is 24.5 Å². The summed E-state index contributed by atoms with van der Waals surface area (Å²) in [6.45, 7) is 1.65. The zero-order valence-corrected chi connectivity index (χ0v) is 12.9. The van der Waals surface area contributed by atoms with Crippen LogP contribution in [0.4, 0.5) is 11.6 Å². The van der Waals surface area contributed by atoms with Gasteiger partial charge in [-0.05, 0) is 43.5 Å². The number of nitrogens with one attached hydrogen (secondary N) is 1. The second-order valence-electron chi connectivity index (χ2n) is 5.28. The summed E-state index contributed by atoms with van der Waals surface area (Å²) in [5.41, 5.74) is 1.38. The number of amides is 1. The van der Waals surface area contributed by atoms with Crippen LogP contribution in [0.15, 0.2) is 36.7 Å². The molecule has 0 aliphatic carbocycles. The monoisotopic (exact) mass is 316 g/mol. The van der Waals surface area contributed by atoms with E-state index < -0.39 is 0 Å². The van der Waals surface area contributed by atoms with Crippen molar-refractivity contribution in [3.63, 3.8) is 0 Å². The van der Waals surface area contributed by atoms with Crippen LogP contribution in [0.1, 0.15) is 29.6 Å². The van der Waals surface area contributed by atoms with Gasteiger partial charge in [-0.1, -0.05) is 11.6 Å². The Morgan fingerprint density at radius 3 is 2.32 bits per heavy atom. The van der Waals surface area contributed by atoms with E-state index in [4.69, 9.17) is 11.6 Å². The Labute approximate surface area is 134 Å². The summed E-state index contributed by atoms with van der Waals surface area (Å²) in [6, 6.07) is 7.27. The lowest BCUT2D eigenvalue weighted by molar-refractivity contribution is 0.0723. The van der Waals surface area contributed by atoms with Gasteiger partial charge >= 0.3 is 0 Å². The molecule has 114 valence electrons. The largest absolute Gasteiger partial charge is 0.339 e. The number of benzene rings is 1. The summed E-state index contributed by atoms with van der Waals surface area (Å²) < 4.78 is 0. The van der Waals surface area contributed by atoms with E-state index in [2.05, 4.69) is 15.3 Å². The second kappa shape index (κ2) is 6.75. The molecule has 1 saturated heterocycles. The van der Waals surface area contributed by atoms with Crippen LogP contribution in [0.3, 0.4) is 0 Å². The number of rotatable bonds is 3. The van der Waals surface area contributed by atoms with Crippen LogP contribution in [0.5, 0.6) is 0 Å². The van der Waals surface area contributed by atoms with Crippen LogP contribution in [0, 0.1) is 0 Å². The molecule has 1 amide bonds. The molecule has 0 bridgehead atoms. The van der Waals surface area contributed by atoms with Gasteiger partial charge in [0.25, 0.3) is 5.91 Å². The minimum Gasteiger partial charge on any atom is -0.339 e. The van der Waals surface area contributed by atoms with Crippen molar-refractivity contribution in [2.75, 3.05) is 18.4 Å². The topological polar surface area (TPSA) is 58.1 Å². The van der Waals surface area contributed by atoms with E-state index in [0.717, 1.165) is 31.6 Å². The Balaban J connectivity index is 1.66. The summed E-state index contributed by atoms with van der Waals surface area (Å²) in [6.07, 6.45) is 6.49. The lowest BCUT2D eigenvalue weighted by atomic mass is 10.1. The molecule has 1 fully saturated rings. The third kappa shape index (κ3) is 3.54. The third-order valence-electron chi connectivity index (χ3n) is 3.64. The molecular formula is C16H17ClN4O. The first kappa shape index (κ1) is 14.8. The maximum atomic E-state index is 12.3. The zero-order valence-electron chi connectivity index (χ0n) is 12.1. The lowest BCUT2D eigenvalue weighted by Gasteiger charge is -2.26. The minimum absolute atomic E-state index is 0.0118. The van der Waals surface area contributed by atoms with Gasteiger partial charge in [0.1, 0.15) is 0 Å². The third-order valence-corrected chi connectivity index (χ3v) is 3.89. The van der Waals surface area contributed by atoms with Crippen LogP contribution in [0.25, 0.3) is 0 Å². The number of piperidine rings is 1. The number of carbonyl (C=O) groups is 1. The quantitative estimate of drug-likeness (QED) is 0.941. The molecule has 0 spiro atoms. The predicted octanol–water partition coefficient (Wildman–Crippen LogP) is 3.50. The molecule has 0 saturated carbocycles. The molecule has 1 aliphatic heterocycles. The number of aromatic nitrogens is 2. The number of anilines is 2. The van der Waals surface area contributed by atoms with Gasteiger partial charge in [-0.3, -0.25) is 4.79 Å². The van der Waals surface area contributed by atoms with E-state index in [0.29, 0.717) is 16.5 Å². The van der Waals surface area contributed by atoms with Gasteiger partial charge in [-0.25, -0.2) is 9.97 Å². The molecule has 1 aliphatic rings. The van der Waals surface area contributed by atoms with Gasteiger partial charge in [0.05, 0.1) is 5.56 Å².